The summed E-state index contributed by atoms with van der Waals surface area (Å²) in [5, 5.41) is 12.7. The van der Waals surface area contributed by atoms with Gasteiger partial charge in [-0.15, -0.1) is 0 Å². The highest BCUT2D eigenvalue weighted by molar-refractivity contribution is 5.24. The number of nitrogens with one attached hydrogen (secondary N) is 1. The van der Waals surface area contributed by atoms with Crippen molar-refractivity contribution in [2.45, 2.75) is 45.2 Å². The third kappa shape index (κ3) is 3.75. The molecule has 0 aliphatic rings. The third-order valence-electron chi connectivity index (χ3n) is 3.53. The van der Waals surface area contributed by atoms with Crippen LogP contribution >= 0.6 is 0 Å². The van der Waals surface area contributed by atoms with Crippen LogP contribution < -0.4 is 5.32 Å². The van der Waals surface area contributed by atoms with Gasteiger partial charge < -0.3 is 10.4 Å². The first-order valence-corrected chi connectivity index (χ1v) is 6.29. The normalized spacial score (nSPS) is 12.1. The monoisotopic (exact) mass is 257 g/mol. The number of hydrogen-bond donors (Lipinski definition) is 2. The summed E-state index contributed by atoms with van der Waals surface area (Å²) in [6, 6.07) is 6.38. The number of alkyl halides is 2. The van der Waals surface area contributed by atoms with Gasteiger partial charge in [-0.05, 0) is 24.5 Å². The van der Waals surface area contributed by atoms with E-state index < -0.39 is 6.43 Å². The van der Waals surface area contributed by atoms with E-state index in [9.17, 15) is 13.9 Å². The quantitative estimate of drug-likeness (QED) is 0.785. The van der Waals surface area contributed by atoms with E-state index in [1.54, 1.807) is 6.07 Å². The molecule has 18 heavy (non-hydrogen) atoms. The Morgan fingerprint density at radius 1 is 1.28 bits per heavy atom. The lowest BCUT2D eigenvalue weighted by Gasteiger charge is -2.31. The standard InChI is InChI=1S/C14H21F2NO/c1-3-14(4-2,10-18)17-9-11-6-5-7-12(8-11)13(15)16/h5-8,13,17-18H,3-4,9-10H2,1-2H3. The van der Waals surface area contributed by atoms with Gasteiger partial charge in [-0.2, -0.15) is 0 Å². The predicted molar refractivity (Wildman–Crippen MR) is 68.6 cm³/mol. The van der Waals surface area contributed by atoms with Crippen LogP contribution in [0.1, 0.15) is 44.2 Å². The molecular weight excluding hydrogens is 236 g/mol. The lowest BCUT2D eigenvalue weighted by atomic mass is 9.93. The average Bonchev–Trinajstić information content (AvgIpc) is 2.41. The van der Waals surface area contributed by atoms with E-state index in [0.717, 1.165) is 18.4 Å². The van der Waals surface area contributed by atoms with Gasteiger partial charge in [-0.1, -0.05) is 32.0 Å². The van der Waals surface area contributed by atoms with Crippen molar-refractivity contribution in [1.29, 1.82) is 0 Å². The Hall–Kier alpha value is -1.00. The molecule has 0 fully saturated rings. The average molecular weight is 257 g/mol. The summed E-state index contributed by atoms with van der Waals surface area (Å²) in [4.78, 5) is 0. The molecule has 0 unspecified atom stereocenters. The van der Waals surface area contributed by atoms with Gasteiger partial charge in [0.25, 0.3) is 6.43 Å². The van der Waals surface area contributed by atoms with Crippen LogP contribution in [0.5, 0.6) is 0 Å². The van der Waals surface area contributed by atoms with Crippen molar-refractivity contribution < 1.29 is 13.9 Å². The van der Waals surface area contributed by atoms with Crippen molar-refractivity contribution in [2.75, 3.05) is 6.61 Å². The Labute approximate surface area is 107 Å². The number of aliphatic hydroxyl groups is 1. The number of aliphatic hydroxyl groups excluding tert-OH is 1. The molecular formula is C14H21F2NO. The molecule has 2 N–H and O–H groups in total. The van der Waals surface area contributed by atoms with E-state index in [-0.39, 0.29) is 17.7 Å². The number of benzene rings is 1. The first-order valence-electron chi connectivity index (χ1n) is 6.29. The molecule has 0 radical (unpaired) electrons. The molecule has 102 valence electrons. The van der Waals surface area contributed by atoms with E-state index in [4.69, 9.17) is 0 Å². The maximum absolute atomic E-state index is 12.6. The van der Waals surface area contributed by atoms with Gasteiger partial charge in [0.15, 0.2) is 0 Å². The van der Waals surface area contributed by atoms with Gasteiger partial charge in [0.05, 0.1) is 6.61 Å². The summed E-state index contributed by atoms with van der Waals surface area (Å²) in [5.41, 5.74) is 0.533. The summed E-state index contributed by atoms with van der Waals surface area (Å²) in [6.45, 7) is 4.54. The van der Waals surface area contributed by atoms with Gasteiger partial charge in [-0.25, -0.2) is 8.78 Å². The van der Waals surface area contributed by atoms with Crippen LogP contribution in [0.15, 0.2) is 24.3 Å². The topological polar surface area (TPSA) is 32.3 Å². The van der Waals surface area contributed by atoms with Crippen molar-refractivity contribution in [2.24, 2.45) is 0 Å². The second-order valence-electron chi connectivity index (χ2n) is 4.54. The van der Waals surface area contributed by atoms with Crippen molar-refractivity contribution in [3.05, 3.63) is 35.4 Å². The molecule has 0 aliphatic heterocycles. The zero-order chi connectivity index (χ0) is 13.6. The minimum atomic E-state index is -2.44. The molecule has 0 bridgehead atoms. The van der Waals surface area contributed by atoms with E-state index in [0.29, 0.717) is 6.54 Å². The van der Waals surface area contributed by atoms with Crippen LogP contribution in [-0.4, -0.2) is 17.3 Å². The van der Waals surface area contributed by atoms with Crippen LogP contribution in [0.2, 0.25) is 0 Å². The molecule has 0 aromatic heterocycles. The Bertz CT molecular complexity index is 356. The summed E-state index contributed by atoms with van der Waals surface area (Å²) in [6.07, 6.45) is -0.840. The SMILES string of the molecule is CCC(CC)(CO)NCc1cccc(C(F)F)c1. The van der Waals surface area contributed by atoms with Crippen LogP contribution in [0.25, 0.3) is 0 Å². The second kappa shape index (κ2) is 6.81. The van der Waals surface area contributed by atoms with E-state index in [2.05, 4.69) is 5.32 Å². The predicted octanol–water partition coefficient (Wildman–Crippen LogP) is 3.26. The van der Waals surface area contributed by atoms with Crippen LogP contribution in [0.3, 0.4) is 0 Å². The fourth-order valence-electron chi connectivity index (χ4n) is 1.91. The van der Waals surface area contributed by atoms with E-state index in [1.807, 2.05) is 19.9 Å². The first-order chi connectivity index (χ1) is 8.56. The Morgan fingerprint density at radius 2 is 1.94 bits per heavy atom. The molecule has 0 aliphatic carbocycles. The van der Waals surface area contributed by atoms with Gasteiger partial charge >= 0.3 is 0 Å². The summed E-state index contributed by atoms with van der Waals surface area (Å²) < 4.78 is 25.1. The fraction of sp³-hybridized carbons (Fsp3) is 0.571. The Balaban J connectivity index is 2.70. The molecule has 1 rings (SSSR count). The van der Waals surface area contributed by atoms with E-state index >= 15 is 0 Å². The summed E-state index contributed by atoms with van der Waals surface area (Å²) in [7, 11) is 0. The van der Waals surface area contributed by atoms with Gasteiger partial charge in [0.1, 0.15) is 0 Å². The minimum absolute atomic E-state index is 0.0388. The number of rotatable bonds is 7. The minimum Gasteiger partial charge on any atom is -0.394 e. The zero-order valence-electron chi connectivity index (χ0n) is 10.9. The van der Waals surface area contributed by atoms with Crippen LogP contribution in [0.4, 0.5) is 8.78 Å². The highest BCUT2D eigenvalue weighted by Crippen LogP contribution is 2.20. The Kier molecular flexibility index (Phi) is 5.69. The van der Waals surface area contributed by atoms with E-state index in [1.165, 1.54) is 12.1 Å². The zero-order valence-corrected chi connectivity index (χ0v) is 10.9. The second-order valence-corrected chi connectivity index (χ2v) is 4.54. The van der Waals surface area contributed by atoms with Gasteiger partial charge in [0.2, 0.25) is 0 Å². The Morgan fingerprint density at radius 3 is 2.44 bits per heavy atom. The molecule has 1 aromatic carbocycles. The molecule has 0 saturated heterocycles. The highest BCUT2D eigenvalue weighted by atomic mass is 19.3. The smallest absolute Gasteiger partial charge is 0.263 e. The highest BCUT2D eigenvalue weighted by Gasteiger charge is 2.24. The third-order valence-corrected chi connectivity index (χ3v) is 3.53. The van der Waals surface area contributed by atoms with Gasteiger partial charge in [0, 0.05) is 17.6 Å². The summed E-state index contributed by atoms with van der Waals surface area (Å²) in [5.74, 6) is 0. The van der Waals surface area contributed by atoms with Crippen molar-refractivity contribution in [3.63, 3.8) is 0 Å². The molecule has 0 saturated carbocycles. The molecule has 1 aromatic rings. The molecule has 0 atom stereocenters. The molecule has 2 nitrogen and oxygen atoms in total. The lowest BCUT2D eigenvalue weighted by molar-refractivity contribution is 0.148. The van der Waals surface area contributed by atoms with Crippen molar-refractivity contribution >= 4 is 0 Å². The number of hydrogen-bond acceptors (Lipinski definition) is 2. The largest absolute Gasteiger partial charge is 0.394 e. The molecule has 4 heteroatoms. The van der Waals surface area contributed by atoms with Gasteiger partial charge in [-0.3, -0.25) is 0 Å². The van der Waals surface area contributed by atoms with Crippen molar-refractivity contribution in [3.8, 4) is 0 Å². The van der Waals surface area contributed by atoms with Crippen LogP contribution in [-0.2, 0) is 6.54 Å². The molecule has 0 heterocycles. The first kappa shape index (κ1) is 15.1. The fourth-order valence-corrected chi connectivity index (χ4v) is 1.91. The lowest BCUT2D eigenvalue weighted by Crippen LogP contribution is -2.47. The van der Waals surface area contributed by atoms with Crippen molar-refractivity contribution in [1.82, 2.24) is 5.32 Å². The molecule has 0 spiro atoms. The maximum Gasteiger partial charge on any atom is 0.263 e. The number of halogens is 2. The molecule has 0 amide bonds. The summed E-state index contributed by atoms with van der Waals surface area (Å²) >= 11 is 0. The maximum atomic E-state index is 12.6. The van der Waals surface area contributed by atoms with Crippen LogP contribution in [0, 0.1) is 0 Å².